The minimum absolute atomic E-state index is 0.167. The zero-order valence-corrected chi connectivity index (χ0v) is 6.84. The zero-order valence-electron chi connectivity index (χ0n) is 6.84. The number of tetrazole rings is 1. The summed E-state index contributed by atoms with van der Waals surface area (Å²) in [5, 5.41) is 12.5. The van der Waals surface area contributed by atoms with Crippen LogP contribution in [-0.2, 0) is 13.1 Å². The van der Waals surface area contributed by atoms with Crippen molar-refractivity contribution in [3.05, 3.63) is 5.82 Å². The molecule has 0 amide bonds. The predicted molar refractivity (Wildman–Crippen MR) is 36.6 cm³/mol. The van der Waals surface area contributed by atoms with Gasteiger partial charge in [0.25, 0.3) is 0 Å². The van der Waals surface area contributed by atoms with Crippen LogP contribution >= 0.6 is 0 Å². The van der Waals surface area contributed by atoms with Crippen LogP contribution in [0, 0.1) is 0 Å². The van der Waals surface area contributed by atoms with Gasteiger partial charge in [-0.25, -0.2) is 4.68 Å². The maximum absolute atomic E-state index is 11.9. The van der Waals surface area contributed by atoms with Gasteiger partial charge >= 0.3 is 6.18 Å². The molecule has 0 bridgehead atoms. The molecule has 1 aromatic heterocycles. The third-order valence-electron chi connectivity index (χ3n) is 1.27. The van der Waals surface area contributed by atoms with E-state index in [-0.39, 0.29) is 12.4 Å². The Morgan fingerprint density at radius 3 is 2.69 bits per heavy atom. The van der Waals surface area contributed by atoms with Crippen LogP contribution in [0.25, 0.3) is 0 Å². The fourth-order valence-electron chi connectivity index (χ4n) is 0.801. The molecule has 1 N–H and O–H groups in total. The summed E-state index contributed by atoms with van der Waals surface area (Å²) in [6.07, 6.45) is -4.29. The van der Waals surface area contributed by atoms with Crippen LogP contribution in [0.4, 0.5) is 13.2 Å². The molecule has 0 radical (unpaired) electrons. The van der Waals surface area contributed by atoms with Crippen LogP contribution in [-0.4, -0.2) is 33.4 Å². The Morgan fingerprint density at radius 2 is 2.15 bits per heavy atom. The third kappa shape index (κ3) is 2.98. The van der Waals surface area contributed by atoms with Crippen LogP contribution in [0.3, 0.4) is 0 Å². The molecule has 0 aliphatic rings. The zero-order chi connectivity index (χ0) is 9.90. The van der Waals surface area contributed by atoms with E-state index in [9.17, 15) is 13.2 Å². The highest BCUT2D eigenvalue weighted by atomic mass is 19.4. The molecule has 0 saturated heterocycles. The van der Waals surface area contributed by atoms with E-state index in [1.807, 2.05) is 0 Å². The summed E-state index contributed by atoms with van der Waals surface area (Å²) in [6, 6.07) is 0. The summed E-state index contributed by atoms with van der Waals surface area (Å²) >= 11 is 0. The lowest BCUT2D eigenvalue weighted by Crippen LogP contribution is -2.22. The minimum atomic E-state index is -4.29. The summed E-state index contributed by atoms with van der Waals surface area (Å²) in [6.45, 7) is -0.944. The van der Waals surface area contributed by atoms with E-state index in [1.165, 1.54) is 0 Å². The van der Waals surface area contributed by atoms with E-state index in [1.54, 1.807) is 7.05 Å². The molecule has 5 nitrogen and oxygen atoms in total. The molecule has 0 atom stereocenters. The van der Waals surface area contributed by atoms with Crippen molar-refractivity contribution in [3.63, 3.8) is 0 Å². The predicted octanol–water partition coefficient (Wildman–Crippen LogP) is -0.0452. The maximum atomic E-state index is 11.9. The van der Waals surface area contributed by atoms with Crippen molar-refractivity contribution in [1.29, 1.82) is 0 Å². The highest BCUT2D eigenvalue weighted by Gasteiger charge is 2.29. The SMILES string of the molecule is CNCc1nnnn1CC(F)(F)F. The largest absolute Gasteiger partial charge is 0.408 e. The maximum Gasteiger partial charge on any atom is 0.408 e. The highest BCUT2D eigenvalue weighted by molar-refractivity contribution is 4.79. The number of halogens is 3. The van der Waals surface area contributed by atoms with E-state index >= 15 is 0 Å². The number of aromatic nitrogens is 4. The molecule has 0 aromatic carbocycles. The minimum Gasteiger partial charge on any atom is -0.313 e. The first kappa shape index (κ1) is 9.90. The smallest absolute Gasteiger partial charge is 0.313 e. The Labute approximate surface area is 71.9 Å². The van der Waals surface area contributed by atoms with Gasteiger partial charge in [0.15, 0.2) is 5.82 Å². The lowest BCUT2D eigenvalue weighted by Gasteiger charge is -2.06. The molecule has 0 aliphatic heterocycles. The fourth-order valence-corrected chi connectivity index (χ4v) is 0.801. The molecule has 0 spiro atoms. The van der Waals surface area contributed by atoms with E-state index in [4.69, 9.17) is 0 Å². The molecular weight excluding hydrogens is 187 g/mol. The Hall–Kier alpha value is -1.18. The first-order valence-electron chi connectivity index (χ1n) is 3.49. The average molecular weight is 195 g/mol. The molecular formula is C5H8F3N5. The van der Waals surface area contributed by atoms with Crippen LogP contribution in [0.1, 0.15) is 5.82 Å². The number of hydrogen-bond acceptors (Lipinski definition) is 4. The lowest BCUT2D eigenvalue weighted by atomic mass is 10.5. The summed E-state index contributed by atoms with van der Waals surface area (Å²) in [7, 11) is 1.60. The van der Waals surface area contributed by atoms with Gasteiger partial charge < -0.3 is 5.32 Å². The van der Waals surface area contributed by atoms with Gasteiger partial charge in [0.1, 0.15) is 6.54 Å². The van der Waals surface area contributed by atoms with Crippen LogP contribution in [0.5, 0.6) is 0 Å². The molecule has 74 valence electrons. The van der Waals surface area contributed by atoms with Crippen LogP contribution < -0.4 is 5.32 Å². The summed E-state index contributed by atoms with van der Waals surface area (Å²) in [4.78, 5) is 0. The molecule has 0 aliphatic carbocycles. The van der Waals surface area contributed by atoms with E-state index in [2.05, 4.69) is 20.8 Å². The first-order chi connectivity index (χ1) is 6.03. The van der Waals surface area contributed by atoms with Gasteiger partial charge in [-0.15, -0.1) is 5.10 Å². The van der Waals surface area contributed by atoms with E-state index in [0.29, 0.717) is 0 Å². The van der Waals surface area contributed by atoms with Gasteiger partial charge in [0.2, 0.25) is 0 Å². The van der Waals surface area contributed by atoms with Crippen molar-refractivity contribution < 1.29 is 13.2 Å². The van der Waals surface area contributed by atoms with Crippen molar-refractivity contribution in [2.24, 2.45) is 0 Å². The third-order valence-corrected chi connectivity index (χ3v) is 1.27. The van der Waals surface area contributed by atoms with Gasteiger partial charge in [-0.05, 0) is 17.5 Å². The normalized spacial score (nSPS) is 12.0. The quantitative estimate of drug-likeness (QED) is 0.735. The van der Waals surface area contributed by atoms with Crippen molar-refractivity contribution in [3.8, 4) is 0 Å². The first-order valence-corrected chi connectivity index (χ1v) is 3.49. The summed E-state index contributed by atoms with van der Waals surface area (Å²) in [5.41, 5.74) is 0. The topological polar surface area (TPSA) is 55.6 Å². The van der Waals surface area contributed by atoms with Crippen molar-refractivity contribution in [2.45, 2.75) is 19.3 Å². The fraction of sp³-hybridized carbons (Fsp3) is 0.800. The van der Waals surface area contributed by atoms with Gasteiger partial charge in [-0.3, -0.25) is 0 Å². The second kappa shape index (κ2) is 3.69. The Balaban J connectivity index is 2.70. The van der Waals surface area contributed by atoms with Gasteiger partial charge in [-0.2, -0.15) is 13.2 Å². The van der Waals surface area contributed by atoms with Crippen molar-refractivity contribution in [2.75, 3.05) is 7.05 Å². The monoisotopic (exact) mass is 195 g/mol. The molecule has 1 rings (SSSR count). The standard InChI is InChI=1S/C5H8F3N5/c1-9-2-4-10-11-12-13(4)3-5(6,7)8/h9H,2-3H2,1H3. The second-order valence-electron chi connectivity index (χ2n) is 2.40. The van der Waals surface area contributed by atoms with Gasteiger partial charge in [0.05, 0.1) is 6.54 Å². The number of nitrogens with zero attached hydrogens (tertiary/aromatic N) is 4. The summed E-state index contributed by atoms with van der Waals surface area (Å²) < 4.78 is 36.4. The lowest BCUT2D eigenvalue weighted by molar-refractivity contribution is -0.143. The Morgan fingerprint density at radius 1 is 1.46 bits per heavy atom. The number of nitrogens with one attached hydrogen (secondary N) is 1. The van der Waals surface area contributed by atoms with E-state index in [0.717, 1.165) is 4.68 Å². The molecule has 0 fully saturated rings. The average Bonchev–Trinajstić information content (AvgIpc) is 2.34. The van der Waals surface area contributed by atoms with E-state index < -0.39 is 12.7 Å². The summed E-state index contributed by atoms with van der Waals surface area (Å²) in [5.74, 6) is 0.167. The molecule has 0 unspecified atom stereocenters. The molecule has 1 heterocycles. The molecule has 13 heavy (non-hydrogen) atoms. The molecule has 0 saturated carbocycles. The Bertz CT molecular complexity index is 267. The number of alkyl halides is 3. The van der Waals surface area contributed by atoms with Crippen molar-refractivity contribution in [1.82, 2.24) is 25.5 Å². The van der Waals surface area contributed by atoms with Crippen LogP contribution in [0.15, 0.2) is 0 Å². The highest BCUT2D eigenvalue weighted by Crippen LogP contribution is 2.16. The van der Waals surface area contributed by atoms with Gasteiger partial charge in [0, 0.05) is 0 Å². The molecule has 1 aromatic rings. The number of hydrogen-bond donors (Lipinski definition) is 1. The second-order valence-corrected chi connectivity index (χ2v) is 2.40. The Kier molecular flexibility index (Phi) is 2.81. The number of rotatable bonds is 3. The van der Waals surface area contributed by atoms with Gasteiger partial charge in [-0.1, -0.05) is 0 Å². The van der Waals surface area contributed by atoms with Crippen molar-refractivity contribution >= 4 is 0 Å². The molecule has 8 heteroatoms. The van der Waals surface area contributed by atoms with Crippen LogP contribution in [0.2, 0.25) is 0 Å².